The molecule has 1 fully saturated rings. The lowest BCUT2D eigenvalue weighted by molar-refractivity contribution is -0.148. The van der Waals surface area contributed by atoms with Crippen molar-refractivity contribution in [3.63, 3.8) is 0 Å². The van der Waals surface area contributed by atoms with Crippen molar-refractivity contribution in [2.24, 2.45) is 0 Å². The molecule has 2 heterocycles. The van der Waals surface area contributed by atoms with Gasteiger partial charge in [0.05, 0.1) is 0 Å². The summed E-state index contributed by atoms with van der Waals surface area (Å²) in [5.74, 6) is 2.13. The zero-order chi connectivity index (χ0) is 27.2. The average Bonchev–Trinajstić information content (AvgIpc) is 3.63. The first-order chi connectivity index (χ1) is 19.0. The van der Waals surface area contributed by atoms with E-state index in [2.05, 4.69) is 17.9 Å². The van der Waals surface area contributed by atoms with Gasteiger partial charge in [0, 0.05) is 13.5 Å². The van der Waals surface area contributed by atoms with Crippen LogP contribution in [0.5, 0.6) is 23.0 Å². The van der Waals surface area contributed by atoms with Crippen molar-refractivity contribution in [2.45, 2.75) is 39.2 Å². The number of likely N-dealkylation sites (tertiary alicyclic amines) is 1. The number of hydrogen-bond acceptors (Lipinski definition) is 7. The molecule has 204 valence electrons. The van der Waals surface area contributed by atoms with Crippen LogP contribution in [-0.2, 0) is 9.53 Å². The Morgan fingerprint density at radius 1 is 0.923 bits per heavy atom. The standard InChI is InChI=1S/C32H35NO6/c1-3-29(25-10-15-30-31(18-25)38-21-37-30)32(23-6-11-26(35)12-7-23)24-8-13-27(14-9-24)36-20-28(39-22(2)34)19-33-16-4-5-17-33/h6-15,18,28,35H,3-5,16-17,19-21H2,1-2H3. The molecule has 0 bridgehead atoms. The fourth-order valence-electron chi connectivity index (χ4n) is 5.27. The average molecular weight is 530 g/mol. The second kappa shape index (κ2) is 12.3. The fraction of sp³-hybridized carbons (Fsp3) is 0.344. The number of rotatable bonds is 10. The van der Waals surface area contributed by atoms with E-state index >= 15 is 0 Å². The van der Waals surface area contributed by atoms with Gasteiger partial charge in [-0.25, -0.2) is 0 Å². The highest BCUT2D eigenvalue weighted by Crippen LogP contribution is 2.40. The number of ether oxygens (including phenoxy) is 4. The van der Waals surface area contributed by atoms with Crippen LogP contribution in [0.25, 0.3) is 11.1 Å². The van der Waals surface area contributed by atoms with Crippen LogP contribution >= 0.6 is 0 Å². The number of phenols is 1. The number of esters is 1. The zero-order valence-electron chi connectivity index (χ0n) is 22.5. The number of allylic oxidation sites excluding steroid dienone is 1. The smallest absolute Gasteiger partial charge is 0.303 e. The van der Waals surface area contributed by atoms with Crippen LogP contribution < -0.4 is 14.2 Å². The number of hydrogen-bond donors (Lipinski definition) is 1. The van der Waals surface area contributed by atoms with E-state index in [0.717, 1.165) is 58.8 Å². The quantitative estimate of drug-likeness (QED) is 0.259. The summed E-state index contributed by atoms with van der Waals surface area (Å²) in [6.07, 6.45) is 2.83. The maximum absolute atomic E-state index is 11.7. The van der Waals surface area contributed by atoms with E-state index in [1.54, 1.807) is 12.1 Å². The molecule has 0 amide bonds. The van der Waals surface area contributed by atoms with Crippen molar-refractivity contribution >= 4 is 17.1 Å². The number of aromatic hydroxyl groups is 1. The summed E-state index contributed by atoms with van der Waals surface area (Å²) >= 11 is 0. The van der Waals surface area contributed by atoms with Crippen molar-refractivity contribution in [3.05, 3.63) is 83.4 Å². The topological polar surface area (TPSA) is 77.5 Å². The van der Waals surface area contributed by atoms with Crippen LogP contribution in [0.2, 0.25) is 0 Å². The summed E-state index contributed by atoms with van der Waals surface area (Å²) in [7, 11) is 0. The van der Waals surface area contributed by atoms with Crippen molar-refractivity contribution in [2.75, 3.05) is 33.0 Å². The van der Waals surface area contributed by atoms with E-state index in [1.165, 1.54) is 19.8 Å². The van der Waals surface area contributed by atoms with E-state index in [1.807, 2.05) is 48.5 Å². The Bertz CT molecular complexity index is 1310. The summed E-state index contributed by atoms with van der Waals surface area (Å²) in [4.78, 5) is 14.0. The van der Waals surface area contributed by atoms with Gasteiger partial charge in [-0.05, 0) is 96.6 Å². The fourth-order valence-corrected chi connectivity index (χ4v) is 5.27. The summed E-state index contributed by atoms with van der Waals surface area (Å²) in [5.41, 5.74) is 5.28. The van der Waals surface area contributed by atoms with E-state index in [0.29, 0.717) is 18.9 Å². The van der Waals surface area contributed by atoms with Crippen molar-refractivity contribution < 1.29 is 28.8 Å². The lowest BCUT2D eigenvalue weighted by Gasteiger charge is -2.23. The Labute approximate surface area is 229 Å². The lowest BCUT2D eigenvalue weighted by atomic mass is 9.88. The van der Waals surface area contributed by atoms with Crippen molar-refractivity contribution in [1.82, 2.24) is 4.90 Å². The van der Waals surface area contributed by atoms with Gasteiger partial charge in [-0.2, -0.15) is 0 Å². The van der Waals surface area contributed by atoms with Crippen LogP contribution in [0.4, 0.5) is 0 Å². The Kier molecular flexibility index (Phi) is 8.37. The molecule has 0 aromatic heterocycles. The molecule has 2 aliphatic rings. The van der Waals surface area contributed by atoms with Gasteiger partial charge in [-0.15, -0.1) is 0 Å². The van der Waals surface area contributed by atoms with Crippen LogP contribution in [0.1, 0.15) is 49.8 Å². The molecule has 7 nitrogen and oxygen atoms in total. The van der Waals surface area contributed by atoms with Crippen LogP contribution in [0.15, 0.2) is 66.7 Å². The molecule has 39 heavy (non-hydrogen) atoms. The Morgan fingerprint density at radius 2 is 1.56 bits per heavy atom. The zero-order valence-corrected chi connectivity index (χ0v) is 22.5. The van der Waals surface area contributed by atoms with Crippen molar-refractivity contribution in [1.29, 1.82) is 0 Å². The minimum atomic E-state index is -0.314. The summed E-state index contributed by atoms with van der Waals surface area (Å²) in [5, 5.41) is 9.91. The molecule has 3 aromatic rings. The van der Waals surface area contributed by atoms with Gasteiger partial charge in [-0.1, -0.05) is 37.3 Å². The molecule has 1 N–H and O–H groups in total. The van der Waals surface area contributed by atoms with Gasteiger partial charge in [0.25, 0.3) is 0 Å². The monoisotopic (exact) mass is 529 g/mol. The maximum Gasteiger partial charge on any atom is 0.303 e. The Balaban J connectivity index is 1.41. The molecule has 1 atom stereocenters. The number of carbonyl (C=O) groups is 1. The molecule has 0 saturated carbocycles. The van der Waals surface area contributed by atoms with Gasteiger partial charge >= 0.3 is 5.97 Å². The van der Waals surface area contributed by atoms with Crippen LogP contribution in [0.3, 0.4) is 0 Å². The van der Waals surface area contributed by atoms with Gasteiger partial charge in [0.15, 0.2) is 11.5 Å². The molecule has 0 radical (unpaired) electrons. The number of nitrogens with zero attached hydrogens (tertiary/aromatic N) is 1. The first-order valence-corrected chi connectivity index (χ1v) is 13.6. The highest BCUT2D eigenvalue weighted by molar-refractivity contribution is 5.99. The molecule has 0 spiro atoms. The summed E-state index contributed by atoms with van der Waals surface area (Å²) < 4.78 is 22.8. The van der Waals surface area contributed by atoms with Crippen LogP contribution in [0, 0.1) is 0 Å². The predicted octanol–water partition coefficient (Wildman–Crippen LogP) is 5.90. The molecular weight excluding hydrogens is 494 g/mol. The van der Waals surface area contributed by atoms with Gasteiger partial charge < -0.3 is 24.1 Å². The third-order valence-electron chi connectivity index (χ3n) is 7.10. The molecule has 1 saturated heterocycles. The second-order valence-electron chi connectivity index (χ2n) is 9.90. The summed E-state index contributed by atoms with van der Waals surface area (Å²) in [6, 6.07) is 21.3. The van der Waals surface area contributed by atoms with Gasteiger partial charge in [0.2, 0.25) is 6.79 Å². The van der Waals surface area contributed by atoms with E-state index in [9.17, 15) is 9.90 Å². The van der Waals surface area contributed by atoms with E-state index in [4.69, 9.17) is 18.9 Å². The molecule has 1 unspecified atom stereocenters. The SMILES string of the molecule is CCC(=C(c1ccc(O)cc1)c1ccc(OCC(CN2CCCC2)OC(C)=O)cc1)c1ccc2c(c1)OCO2. The minimum absolute atomic E-state index is 0.222. The highest BCUT2D eigenvalue weighted by Gasteiger charge is 2.21. The van der Waals surface area contributed by atoms with Gasteiger partial charge in [0.1, 0.15) is 24.2 Å². The number of carbonyl (C=O) groups excluding carboxylic acids is 1. The maximum atomic E-state index is 11.7. The molecular formula is C32H35NO6. The molecule has 5 rings (SSSR count). The van der Waals surface area contributed by atoms with E-state index in [-0.39, 0.29) is 24.6 Å². The normalized spacial score (nSPS) is 16.1. The first kappa shape index (κ1) is 26.6. The second-order valence-corrected chi connectivity index (χ2v) is 9.90. The molecule has 2 aliphatic heterocycles. The Hall–Kier alpha value is -3.97. The largest absolute Gasteiger partial charge is 0.508 e. The van der Waals surface area contributed by atoms with E-state index < -0.39 is 0 Å². The molecule has 3 aromatic carbocycles. The highest BCUT2D eigenvalue weighted by atomic mass is 16.7. The van der Waals surface area contributed by atoms with Crippen LogP contribution in [-0.4, -0.2) is 55.1 Å². The minimum Gasteiger partial charge on any atom is -0.508 e. The predicted molar refractivity (Wildman–Crippen MR) is 150 cm³/mol. The molecule has 7 heteroatoms. The third-order valence-corrected chi connectivity index (χ3v) is 7.10. The summed E-state index contributed by atoms with van der Waals surface area (Å²) in [6.45, 7) is 6.84. The first-order valence-electron chi connectivity index (χ1n) is 13.6. The lowest BCUT2D eigenvalue weighted by Crippen LogP contribution is -2.36. The third kappa shape index (κ3) is 6.55. The Morgan fingerprint density at radius 3 is 2.23 bits per heavy atom. The van der Waals surface area contributed by atoms with Gasteiger partial charge in [-0.3, -0.25) is 9.69 Å². The number of fused-ring (bicyclic) bond motifs is 1. The number of phenolic OH excluding ortho intramolecular Hbond substituents is 1. The molecule has 0 aliphatic carbocycles. The number of benzene rings is 3. The van der Waals surface area contributed by atoms with Crippen molar-refractivity contribution in [3.8, 4) is 23.0 Å².